The Balaban J connectivity index is 2.23. The fourth-order valence-corrected chi connectivity index (χ4v) is 2.90. The predicted molar refractivity (Wildman–Crippen MR) is 54.1 cm³/mol. The quantitative estimate of drug-likeness (QED) is 0.659. The predicted octanol–water partition coefficient (Wildman–Crippen LogP) is 0.785. The van der Waals surface area contributed by atoms with Gasteiger partial charge in [-0.15, -0.1) is 0 Å². The maximum absolute atomic E-state index is 10.6. The van der Waals surface area contributed by atoms with E-state index >= 15 is 0 Å². The Morgan fingerprint density at radius 2 is 2.13 bits per heavy atom. The van der Waals surface area contributed by atoms with Crippen molar-refractivity contribution >= 4 is 0 Å². The minimum Gasteiger partial charge on any atom is -0.379 e. The van der Waals surface area contributed by atoms with Crippen LogP contribution in [0.25, 0.3) is 0 Å². The molecule has 1 aliphatic heterocycles. The highest BCUT2D eigenvalue weighted by Gasteiger charge is 2.63. The van der Waals surface area contributed by atoms with Crippen LogP contribution in [0.5, 0.6) is 0 Å². The van der Waals surface area contributed by atoms with Crippen molar-refractivity contribution in [1.82, 2.24) is 0 Å². The lowest BCUT2D eigenvalue weighted by Gasteiger charge is -2.32. The van der Waals surface area contributed by atoms with Gasteiger partial charge in [-0.25, -0.2) is 0 Å². The minimum absolute atomic E-state index is 0.393. The van der Waals surface area contributed by atoms with Crippen molar-refractivity contribution in [3.05, 3.63) is 35.4 Å². The fourth-order valence-electron chi connectivity index (χ4n) is 2.90. The number of ether oxygens (including phenoxy) is 1. The SMILES string of the molecule is CC12CO[C@H](O)[C@@]1(O)c1ccccc1C2. The van der Waals surface area contributed by atoms with Crippen LogP contribution in [0.2, 0.25) is 0 Å². The molecule has 1 fully saturated rings. The third-order valence-electron chi connectivity index (χ3n) is 3.85. The Bertz CT molecular complexity index is 417. The van der Waals surface area contributed by atoms with Gasteiger partial charge in [0.05, 0.1) is 6.61 Å². The van der Waals surface area contributed by atoms with E-state index in [1.807, 2.05) is 31.2 Å². The van der Waals surface area contributed by atoms with Gasteiger partial charge in [-0.1, -0.05) is 31.2 Å². The molecule has 3 atom stereocenters. The van der Waals surface area contributed by atoms with E-state index < -0.39 is 17.3 Å². The number of hydrogen-bond donors (Lipinski definition) is 2. The van der Waals surface area contributed by atoms with Crippen molar-refractivity contribution in [3.8, 4) is 0 Å². The molecule has 1 heterocycles. The Morgan fingerprint density at radius 1 is 1.40 bits per heavy atom. The highest BCUT2D eigenvalue weighted by Crippen LogP contribution is 2.56. The average Bonchev–Trinajstić information content (AvgIpc) is 2.58. The first-order valence-electron chi connectivity index (χ1n) is 5.18. The van der Waals surface area contributed by atoms with Gasteiger partial charge in [-0.3, -0.25) is 0 Å². The zero-order valence-electron chi connectivity index (χ0n) is 8.60. The smallest absolute Gasteiger partial charge is 0.188 e. The molecule has 1 unspecified atom stereocenters. The van der Waals surface area contributed by atoms with Crippen LogP contribution in [0, 0.1) is 5.41 Å². The molecule has 0 aromatic heterocycles. The second-order valence-corrected chi connectivity index (χ2v) is 4.82. The topological polar surface area (TPSA) is 49.7 Å². The Labute approximate surface area is 88.3 Å². The summed E-state index contributed by atoms with van der Waals surface area (Å²) in [4.78, 5) is 0. The van der Waals surface area contributed by atoms with E-state index in [4.69, 9.17) is 4.74 Å². The van der Waals surface area contributed by atoms with Gasteiger partial charge in [0.25, 0.3) is 0 Å². The molecule has 3 rings (SSSR count). The first kappa shape index (κ1) is 9.33. The van der Waals surface area contributed by atoms with E-state index in [-0.39, 0.29) is 0 Å². The molecular formula is C12H14O3. The first-order chi connectivity index (χ1) is 7.08. The van der Waals surface area contributed by atoms with E-state index in [9.17, 15) is 10.2 Å². The number of benzene rings is 1. The second kappa shape index (κ2) is 2.61. The van der Waals surface area contributed by atoms with Gasteiger partial charge in [0.2, 0.25) is 0 Å². The molecule has 1 aromatic rings. The summed E-state index contributed by atoms with van der Waals surface area (Å²) in [6, 6.07) is 7.72. The van der Waals surface area contributed by atoms with Crippen molar-refractivity contribution in [3.63, 3.8) is 0 Å². The normalized spacial score (nSPS) is 42.7. The molecular weight excluding hydrogens is 192 g/mol. The maximum Gasteiger partial charge on any atom is 0.188 e. The zero-order valence-corrected chi connectivity index (χ0v) is 8.60. The number of fused-ring (bicyclic) bond motifs is 3. The van der Waals surface area contributed by atoms with Crippen LogP contribution in [-0.4, -0.2) is 23.1 Å². The Kier molecular flexibility index (Phi) is 1.63. The molecule has 3 nitrogen and oxygen atoms in total. The monoisotopic (exact) mass is 206 g/mol. The van der Waals surface area contributed by atoms with Crippen LogP contribution in [0.1, 0.15) is 18.1 Å². The van der Waals surface area contributed by atoms with Crippen molar-refractivity contribution in [1.29, 1.82) is 0 Å². The highest BCUT2D eigenvalue weighted by molar-refractivity contribution is 5.42. The summed E-state index contributed by atoms with van der Waals surface area (Å²) in [6.07, 6.45) is -0.345. The van der Waals surface area contributed by atoms with E-state index in [0.717, 1.165) is 17.5 Å². The molecule has 2 aliphatic rings. The van der Waals surface area contributed by atoms with Crippen LogP contribution in [0.15, 0.2) is 24.3 Å². The lowest BCUT2D eigenvalue weighted by atomic mass is 9.76. The molecule has 3 heteroatoms. The Hall–Kier alpha value is -0.900. The van der Waals surface area contributed by atoms with Crippen LogP contribution < -0.4 is 0 Å². The molecule has 2 N–H and O–H groups in total. The molecule has 0 spiro atoms. The molecule has 1 aliphatic carbocycles. The Morgan fingerprint density at radius 3 is 2.93 bits per heavy atom. The average molecular weight is 206 g/mol. The van der Waals surface area contributed by atoms with Gasteiger partial charge in [0, 0.05) is 5.41 Å². The van der Waals surface area contributed by atoms with Gasteiger partial charge in [0.15, 0.2) is 6.29 Å². The summed E-state index contributed by atoms with van der Waals surface area (Å²) in [5, 5.41) is 20.4. The maximum atomic E-state index is 10.6. The summed E-state index contributed by atoms with van der Waals surface area (Å²) in [7, 11) is 0. The first-order valence-corrected chi connectivity index (χ1v) is 5.18. The third-order valence-corrected chi connectivity index (χ3v) is 3.85. The molecule has 1 saturated heterocycles. The zero-order chi connectivity index (χ0) is 10.7. The molecule has 15 heavy (non-hydrogen) atoms. The third kappa shape index (κ3) is 0.911. The van der Waals surface area contributed by atoms with Crippen molar-refractivity contribution in [2.75, 3.05) is 6.61 Å². The summed E-state index contributed by atoms with van der Waals surface area (Å²) in [5.74, 6) is 0. The summed E-state index contributed by atoms with van der Waals surface area (Å²) in [6.45, 7) is 2.36. The van der Waals surface area contributed by atoms with Gasteiger partial charge in [-0.05, 0) is 17.5 Å². The van der Waals surface area contributed by atoms with Crippen LogP contribution in [0.4, 0.5) is 0 Å². The summed E-state index contributed by atoms with van der Waals surface area (Å²) < 4.78 is 5.19. The van der Waals surface area contributed by atoms with E-state index in [0.29, 0.717) is 6.61 Å². The molecule has 0 bridgehead atoms. The van der Waals surface area contributed by atoms with Crippen molar-refractivity contribution in [2.24, 2.45) is 5.41 Å². The number of rotatable bonds is 0. The van der Waals surface area contributed by atoms with E-state index in [1.54, 1.807) is 0 Å². The molecule has 0 amide bonds. The van der Waals surface area contributed by atoms with Crippen molar-refractivity contribution in [2.45, 2.75) is 25.2 Å². The summed E-state index contributed by atoms with van der Waals surface area (Å²) in [5.41, 5.74) is 0.307. The summed E-state index contributed by atoms with van der Waals surface area (Å²) >= 11 is 0. The number of aliphatic hydroxyl groups excluding tert-OH is 1. The molecule has 1 aromatic carbocycles. The number of aliphatic hydroxyl groups is 2. The van der Waals surface area contributed by atoms with Crippen LogP contribution in [-0.2, 0) is 16.8 Å². The number of hydrogen-bond acceptors (Lipinski definition) is 3. The van der Waals surface area contributed by atoms with Gasteiger partial charge < -0.3 is 14.9 Å². The van der Waals surface area contributed by atoms with Crippen LogP contribution in [0.3, 0.4) is 0 Å². The lowest BCUT2D eigenvalue weighted by molar-refractivity contribution is -0.175. The van der Waals surface area contributed by atoms with Crippen LogP contribution >= 0.6 is 0 Å². The van der Waals surface area contributed by atoms with E-state index in [2.05, 4.69) is 0 Å². The van der Waals surface area contributed by atoms with Gasteiger partial charge in [-0.2, -0.15) is 0 Å². The fraction of sp³-hybridized carbons (Fsp3) is 0.500. The van der Waals surface area contributed by atoms with E-state index in [1.165, 1.54) is 0 Å². The second-order valence-electron chi connectivity index (χ2n) is 4.82. The van der Waals surface area contributed by atoms with Gasteiger partial charge >= 0.3 is 0 Å². The minimum atomic E-state index is -1.23. The lowest BCUT2D eigenvalue weighted by Crippen LogP contribution is -2.44. The molecule has 0 radical (unpaired) electrons. The standard InChI is InChI=1S/C12H14O3/c1-11-6-8-4-2-3-5-9(8)12(11,14)10(13)15-7-11/h2-5,10,13-14H,6-7H2,1H3/t10-,11?,12-/m0/s1. The molecule has 80 valence electrons. The highest BCUT2D eigenvalue weighted by atomic mass is 16.6. The largest absolute Gasteiger partial charge is 0.379 e. The van der Waals surface area contributed by atoms with Gasteiger partial charge in [0.1, 0.15) is 5.60 Å². The van der Waals surface area contributed by atoms with Crippen molar-refractivity contribution < 1.29 is 14.9 Å². The molecule has 0 saturated carbocycles.